The van der Waals surface area contributed by atoms with Gasteiger partial charge in [-0.2, -0.15) is 0 Å². The van der Waals surface area contributed by atoms with E-state index in [0.29, 0.717) is 12.2 Å². The molecule has 1 rings (SSSR count). The standard InChI is InChI=1S/C20H32O2/c1-13(21)20(8,9)12-14-10-15(18(2,3)4)17(22)16(11-14)19(5,6)7/h10-11,22H,12H2,1-9H3. The van der Waals surface area contributed by atoms with Crippen molar-refractivity contribution in [2.24, 2.45) is 5.41 Å². The molecule has 1 N–H and O–H groups in total. The second-order valence-electron chi connectivity index (χ2n) is 9.16. The van der Waals surface area contributed by atoms with Gasteiger partial charge in [0, 0.05) is 5.41 Å². The fourth-order valence-electron chi connectivity index (χ4n) is 2.57. The summed E-state index contributed by atoms with van der Waals surface area (Å²) in [5.74, 6) is 0.583. The Morgan fingerprint density at radius 3 is 1.55 bits per heavy atom. The highest BCUT2D eigenvalue weighted by atomic mass is 16.3. The number of carbonyl (C=O) groups is 1. The van der Waals surface area contributed by atoms with Gasteiger partial charge >= 0.3 is 0 Å². The Morgan fingerprint density at radius 1 is 0.909 bits per heavy atom. The molecule has 0 amide bonds. The average Bonchev–Trinajstić information content (AvgIpc) is 2.27. The second kappa shape index (κ2) is 5.72. The Hall–Kier alpha value is -1.31. The topological polar surface area (TPSA) is 37.3 Å². The van der Waals surface area contributed by atoms with Crippen molar-refractivity contribution in [2.75, 3.05) is 0 Å². The van der Waals surface area contributed by atoms with Crippen LogP contribution in [-0.2, 0) is 22.0 Å². The van der Waals surface area contributed by atoms with E-state index in [2.05, 4.69) is 53.7 Å². The van der Waals surface area contributed by atoms with E-state index in [-0.39, 0.29) is 22.0 Å². The lowest BCUT2D eigenvalue weighted by atomic mass is 9.75. The molecule has 0 heterocycles. The number of ketones is 1. The molecule has 0 bridgehead atoms. The first-order chi connectivity index (χ1) is 9.66. The van der Waals surface area contributed by atoms with Gasteiger partial charge in [-0.25, -0.2) is 0 Å². The van der Waals surface area contributed by atoms with Crippen molar-refractivity contribution in [1.82, 2.24) is 0 Å². The molecule has 1 aromatic carbocycles. The number of Topliss-reactive ketones (excluding diaryl/α,β-unsaturated/α-hetero) is 1. The molecule has 0 aliphatic heterocycles. The van der Waals surface area contributed by atoms with E-state index < -0.39 is 0 Å². The molecule has 2 nitrogen and oxygen atoms in total. The molecule has 0 unspecified atom stereocenters. The Kier molecular flexibility index (Phi) is 4.87. The van der Waals surface area contributed by atoms with Crippen LogP contribution in [0.1, 0.15) is 79.0 Å². The third-order valence-electron chi connectivity index (χ3n) is 4.38. The van der Waals surface area contributed by atoms with Gasteiger partial charge in [-0.3, -0.25) is 4.79 Å². The van der Waals surface area contributed by atoms with Crippen LogP contribution >= 0.6 is 0 Å². The van der Waals surface area contributed by atoms with Crippen LogP contribution in [0.2, 0.25) is 0 Å². The molecule has 0 radical (unpaired) electrons. The van der Waals surface area contributed by atoms with Crippen molar-refractivity contribution in [2.45, 2.75) is 79.6 Å². The minimum absolute atomic E-state index is 0.138. The van der Waals surface area contributed by atoms with Crippen LogP contribution in [0.5, 0.6) is 5.75 Å². The molecule has 1 aromatic rings. The summed E-state index contributed by atoms with van der Waals surface area (Å²) in [5, 5.41) is 10.7. The van der Waals surface area contributed by atoms with Crippen molar-refractivity contribution < 1.29 is 9.90 Å². The van der Waals surface area contributed by atoms with Crippen molar-refractivity contribution in [3.05, 3.63) is 28.8 Å². The molecule has 0 saturated carbocycles. The van der Waals surface area contributed by atoms with Crippen molar-refractivity contribution in [3.63, 3.8) is 0 Å². The van der Waals surface area contributed by atoms with Gasteiger partial charge in [-0.1, -0.05) is 67.5 Å². The molecule has 0 fully saturated rings. The zero-order chi connectivity index (χ0) is 17.5. The fourth-order valence-corrected chi connectivity index (χ4v) is 2.57. The fraction of sp³-hybridized carbons (Fsp3) is 0.650. The molecule has 124 valence electrons. The van der Waals surface area contributed by atoms with Gasteiger partial charge in [0.2, 0.25) is 0 Å². The van der Waals surface area contributed by atoms with Crippen LogP contribution in [0, 0.1) is 5.41 Å². The van der Waals surface area contributed by atoms with Gasteiger partial charge in [-0.05, 0) is 40.9 Å². The van der Waals surface area contributed by atoms with E-state index in [1.165, 1.54) is 0 Å². The first-order valence-electron chi connectivity index (χ1n) is 8.04. The third kappa shape index (κ3) is 4.12. The largest absolute Gasteiger partial charge is 0.507 e. The zero-order valence-electron chi connectivity index (χ0n) is 15.7. The normalized spacial score (nSPS) is 13.3. The first-order valence-corrected chi connectivity index (χ1v) is 8.04. The quantitative estimate of drug-likeness (QED) is 0.839. The maximum Gasteiger partial charge on any atom is 0.135 e. The molecular weight excluding hydrogens is 272 g/mol. The Balaban J connectivity index is 3.52. The van der Waals surface area contributed by atoms with E-state index in [1.54, 1.807) is 6.92 Å². The van der Waals surface area contributed by atoms with Crippen LogP contribution in [0.3, 0.4) is 0 Å². The van der Waals surface area contributed by atoms with E-state index >= 15 is 0 Å². The SMILES string of the molecule is CC(=O)C(C)(C)Cc1cc(C(C)(C)C)c(O)c(C(C)(C)C)c1. The lowest BCUT2D eigenvalue weighted by Crippen LogP contribution is -2.25. The first kappa shape index (κ1) is 18.7. The highest BCUT2D eigenvalue weighted by molar-refractivity contribution is 5.81. The maximum atomic E-state index is 11.9. The Morgan fingerprint density at radius 2 is 1.27 bits per heavy atom. The number of benzene rings is 1. The molecule has 0 aromatic heterocycles. The number of hydrogen-bond acceptors (Lipinski definition) is 2. The third-order valence-corrected chi connectivity index (χ3v) is 4.38. The van der Waals surface area contributed by atoms with Crippen LogP contribution in [0.4, 0.5) is 0 Å². The lowest BCUT2D eigenvalue weighted by molar-refractivity contribution is -0.124. The van der Waals surface area contributed by atoms with Crippen molar-refractivity contribution in [3.8, 4) is 5.75 Å². The molecule has 2 heteroatoms. The highest BCUT2D eigenvalue weighted by Crippen LogP contribution is 2.40. The zero-order valence-corrected chi connectivity index (χ0v) is 15.7. The van der Waals surface area contributed by atoms with Crippen LogP contribution in [-0.4, -0.2) is 10.9 Å². The van der Waals surface area contributed by atoms with Gasteiger partial charge in [0.25, 0.3) is 0 Å². The van der Waals surface area contributed by atoms with E-state index in [9.17, 15) is 9.90 Å². The van der Waals surface area contributed by atoms with E-state index in [4.69, 9.17) is 0 Å². The van der Waals surface area contributed by atoms with Crippen molar-refractivity contribution in [1.29, 1.82) is 0 Å². The molecule has 0 atom stereocenters. The highest BCUT2D eigenvalue weighted by Gasteiger charge is 2.29. The summed E-state index contributed by atoms with van der Waals surface area (Å²) in [5.41, 5.74) is 2.36. The van der Waals surface area contributed by atoms with Crippen LogP contribution < -0.4 is 0 Å². The van der Waals surface area contributed by atoms with E-state index in [0.717, 1.165) is 16.7 Å². The summed E-state index contributed by atoms with van der Waals surface area (Å²) < 4.78 is 0. The Bertz CT molecular complexity index is 531. The maximum absolute atomic E-state index is 11.9. The summed E-state index contributed by atoms with van der Waals surface area (Å²) in [6.07, 6.45) is 0.689. The summed E-state index contributed by atoms with van der Waals surface area (Å²) >= 11 is 0. The number of phenolic OH excluding ortho intramolecular Hbond substituents is 1. The minimum atomic E-state index is -0.388. The molecule has 0 saturated heterocycles. The molecule has 0 aliphatic carbocycles. The number of aromatic hydroxyl groups is 1. The smallest absolute Gasteiger partial charge is 0.135 e. The van der Waals surface area contributed by atoms with E-state index in [1.807, 2.05) is 13.8 Å². The lowest BCUT2D eigenvalue weighted by Gasteiger charge is -2.30. The van der Waals surface area contributed by atoms with Gasteiger partial charge in [0.15, 0.2) is 0 Å². The van der Waals surface area contributed by atoms with Crippen molar-refractivity contribution >= 4 is 5.78 Å². The number of rotatable bonds is 3. The number of phenols is 1. The molecule has 22 heavy (non-hydrogen) atoms. The number of hydrogen-bond donors (Lipinski definition) is 1. The minimum Gasteiger partial charge on any atom is -0.507 e. The summed E-state index contributed by atoms with van der Waals surface area (Å²) in [4.78, 5) is 11.9. The molecule has 0 aliphatic rings. The molecule has 0 spiro atoms. The molecular formula is C20H32O2. The summed E-state index contributed by atoms with van der Waals surface area (Å²) in [6, 6.07) is 4.13. The predicted molar refractivity (Wildman–Crippen MR) is 93.7 cm³/mol. The van der Waals surface area contributed by atoms with Crippen LogP contribution in [0.15, 0.2) is 12.1 Å². The summed E-state index contributed by atoms with van der Waals surface area (Å²) in [6.45, 7) is 18.2. The monoisotopic (exact) mass is 304 g/mol. The van der Waals surface area contributed by atoms with Gasteiger partial charge < -0.3 is 5.11 Å². The van der Waals surface area contributed by atoms with Gasteiger partial charge in [0.1, 0.15) is 11.5 Å². The van der Waals surface area contributed by atoms with Gasteiger partial charge in [0.05, 0.1) is 0 Å². The average molecular weight is 304 g/mol. The Labute approximate surface area is 135 Å². The summed E-state index contributed by atoms with van der Waals surface area (Å²) in [7, 11) is 0. The number of carbonyl (C=O) groups excluding carboxylic acids is 1. The van der Waals surface area contributed by atoms with Crippen LogP contribution in [0.25, 0.3) is 0 Å². The van der Waals surface area contributed by atoms with Gasteiger partial charge in [-0.15, -0.1) is 0 Å². The predicted octanol–water partition coefficient (Wildman–Crippen LogP) is 5.14. The second-order valence-corrected chi connectivity index (χ2v) is 9.16.